The summed E-state index contributed by atoms with van der Waals surface area (Å²) < 4.78 is 3.11. The predicted molar refractivity (Wildman–Crippen MR) is 121 cm³/mol. The smallest absolute Gasteiger partial charge is 0.328 e. The average molecular weight is 442 g/mol. The zero-order chi connectivity index (χ0) is 22.7. The Morgan fingerprint density at radius 2 is 1.74 bits per heavy atom. The first kappa shape index (κ1) is 22.3. The molecule has 3 aromatic rings. The molecule has 0 aliphatic rings. The van der Waals surface area contributed by atoms with Crippen LogP contribution in [0.15, 0.2) is 52.4 Å². The number of hydrogen-bond acceptors (Lipinski definition) is 4. The van der Waals surface area contributed by atoms with Crippen molar-refractivity contribution in [2.45, 2.75) is 19.9 Å². The van der Waals surface area contributed by atoms with Crippen molar-refractivity contribution >= 4 is 40.7 Å². The maximum absolute atomic E-state index is 12.6. The minimum Gasteiger partial charge on any atom is -0.340 e. The quantitative estimate of drug-likeness (QED) is 0.454. The van der Waals surface area contributed by atoms with E-state index in [1.54, 1.807) is 53.6 Å². The maximum atomic E-state index is 12.6. The van der Waals surface area contributed by atoms with E-state index in [-0.39, 0.29) is 11.6 Å². The number of hydrogen-bond donors (Lipinski definition) is 2. The molecule has 2 N–H and O–H groups in total. The van der Waals surface area contributed by atoms with Crippen molar-refractivity contribution in [2.75, 3.05) is 0 Å². The monoisotopic (exact) mass is 441 g/mol. The molecule has 0 aliphatic heterocycles. The van der Waals surface area contributed by atoms with Gasteiger partial charge in [-0.25, -0.2) is 10.2 Å². The second-order valence-corrected chi connectivity index (χ2v) is 7.97. The highest BCUT2D eigenvalue weighted by Gasteiger charge is 2.25. The lowest BCUT2D eigenvalue weighted by molar-refractivity contribution is -0.123. The number of fused-ring (bicyclic) bond motifs is 1. The van der Waals surface area contributed by atoms with Gasteiger partial charge < -0.3 is 5.32 Å². The molecule has 0 saturated heterocycles. The van der Waals surface area contributed by atoms with Crippen molar-refractivity contribution in [3.63, 3.8) is 0 Å². The van der Waals surface area contributed by atoms with E-state index < -0.39 is 17.9 Å². The second-order valence-electron chi connectivity index (χ2n) is 7.56. The molecular weight excluding hydrogens is 418 g/mol. The van der Waals surface area contributed by atoms with Gasteiger partial charge in [-0.3, -0.25) is 18.7 Å². The van der Waals surface area contributed by atoms with Crippen LogP contribution in [0.2, 0.25) is 5.02 Å². The molecule has 3 rings (SSSR count). The molecule has 2 aromatic carbocycles. The van der Waals surface area contributed by atoms with Gasteiger partial charge in [0.25, 0.3) is 11.8 Å². The Morgan fingerprint density at radius 3 is 2.42 bits per heavy atom. The summed E-state index contributed by atoms with van der Waals surface area (Å²) in [6.45, 7) is 3.65. The van der Waals surface area contributed by atoms with Crippen LogP contribution in [-0.4, -0.2) is 33.2 Å². The molecule has 1 unspecified atom stereocenters. The molecule has 0 fully saturated rings. The third-order valence-corrected chi connectivity index (χ3v) is 5.37. The van der Waals surface area contributed by atoms with Gasteiger partial charge in [-0.1, -0.05) is 43.6 Å². The summed E-state index contributed by atoms with van der Waals surface area (Å²) in [5.74, 6) is -1.05. The molecule has 8 nitrogen and oxygen atoms in total. The van der Waals surface area contributed by atoms with E-state index in [4.69, 9.17) is 11.6 Å². The Labute approximate surface area is 184 Å². The Morgan fingerprint density at radius 1 is 1.06 bits per heavy atom. The van der Waals surface area contributed by atoms with E-state index in [9.17, 15) is 14.4 Å². The fourth-order valence-corrected chi connectivity index (χ4v) is 3.46. The number of halogens is 1. The number of nitrogens with zero attached hydrogens (tertiary/aromatic N) is 3. The number of imidazole rings is 1. The lowest BCUT2D eigenvalue weighted by atomic mass is 10.0. The molecule has 9 heteroatoms. The first-order chi connectivity index (χ1) is 14.7. The molecule has 31 heavy (non-hydrogen) atoms. The summed E-state index contributed by atoms with van der Waals surface area (Å²) >= 11 is 6.07. The number of nitrogens with one attached hydrogen (secondary N) is 2. The van der Waals surface area contributed by atoms with Crippen molar-refractivity contribution in [3.8, 4) is 0 Å². The summed E-state index contributed by atoms with van der Waals surface area (Å²) in [5.41, 5.74) is 4.93. The zero-order valence-corrected chi connectivity index (χ0v) is 18.5. The third-order valence-electron chi connectivity index (χ3n) is 5.04. The summed E-state index contributed by atoms with van der Waals surface area (Å²) in [5, 5.41) is 7.04. The molecule has 0 saturated carbocycles. The molecule has 0 aliphatic carbocycles. The van der Waals surface area contributed by atoms with Crippen LogP contribution >= 0.6 is 11.6 Å². The number of rotatable bonds is 6. The number of aryl methyl sites for hydroxylation is 2. The molecule has 162 valence electrons. The summed E-state index contributed by atoms with van der Waals surface area (Å²) in [6, 6.07) is 11.3. The van der Waals surface area contributed by atoms with Crippen LogP contribution in [-0.2, 0) is 18.9 Å². The first-order valence-electron chi connectivity index (χ1n) is 9.74. The summed E-state index contributed by atoms with van der Waals surface area (Å²) in [4.78, 5) is 37.2. The standard InChI is InChI=1S/C22H24ClN5O3/c1-13(2)19(25-20(29)15-7-5-6-8-16(15)23)21(30)26-24-12-14-9-10-17-18(11-14)28(4)22(31)27(17)3/h5-13,19H,1-4H3,(H,25,29)(H,26,30)/b24-12-. The molecule has 1 heterocycles. The van der Waals surface area contributed by atoms with Crippen molar-refractivity contribution < 1.29 is 9.59 Å². The van der Waals surface area contributed by atoms with E-state index in [2.05, 4.69) is 15.8 Å². The Bertz CT molecular complexity index is 1230. The molecule has 1 aromatic heterocycles. The lowest BCUT2D eigenvalue weighted by Gasteiger charge is -2.20. The van der Waals surface area contributed by atoms with Gasteiger partial charge in [0, 0.05) is 14.1 Å². The van der Waals surface area contributed by atoms with Crippen LogP contribution in [0.1, 0.15) is 29.8 Å². The molecule has 0 radical (unpaired) electrons. The van der Waals surface area contributed by atoms with Crippen molar-refractivity contribution in [3.05, 3.63) is 69.1 Å². The molecule has 0 bridgehead atoms. The fourth-order valence-electron chi connectivity index (χ4n) is 3.24. The van der Waals surface area contributed by atoms with Crippen molar-refractivity contribution in [1.82, 2.24) is 19.9 Å². The van der Waals surface area contributed by atoms with E-state index >= 15 is 0 Å². The molecule has 0 spiro atoms. The normalized spacial score (nSPS) is 12.5. The van der Waals surface area contributed by atoms with Gasteiger partial charge >= 0.3 is 5.69 Å². The van der Waals surface area contributed by atoms with Crippen molar-refractivity contribution in [1.29, 1.82) is 0 Å². The molecular formula is C22H24ClN5O3. The average Bonchev–Trinajstić information content (AvgIpc) is 2.95. The number of benzene rings is 2. The Hall–Kier alpha value is -3.39. The number of carbonyl (C=O) groups is 2. The van der Waals surface area contributed by atoms with E-state index in [0.717, 1.165) is 16.6 Å². The van der Waals surface area contributed by atoms with Gasteiger partial charge in [-0.2, -0.15) is 5.10 Å². The second kappa shape index (κ2) is 9.18. The van der Waals surface area contributed by atoms with Crippen LogP contribution in [0.5, 0.6) is 0 Å². The minimum absolute atomic E-state index is 0.119. The predicted octanol–water partition coefficient (Wildman–Crippen LogP) is 2.44. The van der Waals surface area contributed by atoms with Crippen LogP contribution < -0.4 is 16.4 Å². The van der Waals surface area contributed by atoms with Crippen molar-refractivity contribution in [2.24, 2.45) is 25.1 Å². The van der Waals surface area contributed by atoms with Gasteiger partial charge in [0.05, 0.1) is 27.8 Å². The molecule has 2 amide bonds. The highest BCUT2D eigenvalue weighted by Crippen LogP contribution is 2.16. The maximum Gasteiger partial charge on any atom is 0.328 e. The number of aromatic nitrogens is 2. The number of hydrazone groups is 1. The van der Waals surface area contributed by atoms with Crippen LogP contribution in [0.25, 0.3) is 11.0 Å². The van der Waals surface area contributed by atoms with Crippen LogP contribution in [0, 0.1) is 5.92 Å². The summed E-state index contributed by atoms with van der Waals surface area (Å²) in [7, 11) is 3.41. The zero-order valence-electron chi connectivity index (χ0n) is 17.7. The largest absolute Gasteiger partial charge is 0.340 e. The van der Waals surface area contributed by atoms with Crippen LogP contribution in [0.3, 0.4) is 0 Å². The first-order valence-corrected chi connectivity index (χ1v) is 10.1. The van der Waals surface area contributed by atoms with Gasteiger partial charge in [-0.05, 0) is 35.7 Å². The topological polar surface area (TPSA) is 97.5 Å². The van der Waals surface area contributed by atoms with Gasteiger partial charge in [-0.15, -0.1) is 0 Å². The van der Waals surface area contributed by atoms with Gasteiger partial charge in [0.15, 0.2) is 0 Å². The summed E-state index contributed by atoms with van der Waals surface area (Å²) in [6.07, 6.45) is 1.49. The number of carbonyl (C=O) groups excluding carboxylic acids is 2. The highest BCUT2D eigenvalue weighted by molar-refractivity contribution is 6.33. The van der Waals surface area contributed by atoms with Gasteiger partial charge in [0.2, 0.25) is 0 Å². The minimum atomic E-state index is -0.793. The lowest BCUT2D eigenvalue weighted by Crippen LogP contribution is -2.48. The van der Waals surface area contributed by atoms with E-state index in [1.807, 2.05) is 26.0 Å². The Balaban J connectivity index is 1.71. The van der Waals surface area contributed by atoms with Gasteiger partial charge in [0.1, 0.15) is 6.04 Å². The fraction of sp³-hybridized carbons (Fsp3) is 0.273. The van der Waals surface area contributed by atoms with E-state index in [1.165, 1.54) is 6.21 Å². The van der Waals surface area contributed by atoms with Crippen LogP contribution in [0.4, 0.5) is 0 Å². The number of amides is 2. The van der Waals surface area contributed by atoms with E-state index in [0.29, 0.717) is 10.6 Å². The molecule has 1 atom stereocenters. The highest BCUT2D eigenvalue weighted by atomic mass is 35.5. The SMILES string of the molecule is CC(C)C(NC(=O)c1ccccc1Cl)C(=O)N/N=C\c1ccc2c(c1)n(C)c(=O)n2C. The Kier molecular flexibility index (Phi) is 6.60. The third kappa shape index (κ3) is 4.69.